The highest BCUT2D eigenvalue weighted by atomic mass is 32.2. The monoisotopic (exact) mass is 483 g/mol. The number of amides is 2. The fraction of sp³-hybridized carbons (Fsp3) is 0.360. The van der Waals surface area contributed by atoms with E-state index >= 15 is 0 Å². The van der Waals surface area contributed by atoms with Crippen molar-refractivity contribution in [1.82, 2.24) is 4.90 Å². The Kier molecular flexibility index (Phi) is 9.09. The van der Waals surface area contributed by atoms with Gasteiger partial charge in [0.05, 0.1) is 24.5 Å². The van der Waals surface area contributed by atoms with Crippen LogP contribution in [0.25, 0.3) is 0 Å². The molecule has 2 aromatic rings. The molecule has 1 saturated heterocycles. The molecule has 3 rings (SSSR count). The zero-order valence-corrected chi connectivity index (χ0v) is 20.4. The van der Waals surface area contributed by atoms with Gasteiger partial charge in [-0.1, -0.05) is 18.7 Å². The van der Waals surface area contributed by atoms with Gasteiger partial charge in [-0.15, -0.1) is 0 Å². The minimum atomic E-state index is -0.608. The van der Waals surface area contributed by atoms with Crippen molar-refractivity contribution in [2.45, 2.75) is 38.9 Å². The summed E-state index contributed by atoms with van der Waals surface area (Å²) in [7, 11) is 0. The molecular weight excluding hydrogens is 454 g/mol. The van der Waals surface area contributed by atoms with E-state index in [1.165, 1.54) is 11.8 Å². The fourth-order valence-corrected chi connectivity index (χ4v) is 4.39. The predicted molar refractivity (Wildman–Crippen MR) is 134 cm³/mol. The Morgan fingerprint density at radius 2 is 1.79 bits per heavy atom. The summed E-state index contributed by atoms with van der Waals surface area (Å²) in [6.07, 6.45) is 1.00. The number of anilines is 1. The molecule has 9 heteroatoms. The van der Waals surface area contributed by atoms with Crippen LogP contribution in [0.4, 0.5) is 11.4 Å². The van der Waals surface area contributed by atoms with Crippen LogP contribution in [-0.2, 0) is 14.3 Å². The summed E-state index contributed by atoms with van der Waals surface area (Å²) in [4.78, 5) is 43.6. The van der Waals surface area contributed by atoms with Gasteiger partial charge >= 0.3 is 5.97 Å². The van der Waals surface area contributed by atoms with Crippen LogP contribution in [0.5, 0.6) is 5.75 Å². The second-order valence-electron chi connectivity index (χ2n) is 7.47. The van der Waals surface area contributed by atoms with Gasteiger partial charge in [0.25, 0.3) is 0 Å². The third kappa shape index (κ3) is 6.60. The van der Waals surface area contributed by atoms with Crippen LogP contribution >= 0.6 is 11.8 Å². The molecule has 180 valence electrons. The van der Waals surface area contributed by atoms with E-state index in [0.29, 0.717) is 41.9 Å². The topological polar surface area (TPSA) is 97.3 Å². The lowest BCUT2D eigenvalue weighted by molar-refractivity contribution is -0.129. The van der Waals surface area contributed by atoms with Crippen LogP contribution in [0.15, 0.2) is 53.5 Å². The van der Waals surface area contributed by atoms with Gasteiger partial charge in [0, 0.05) is 18.7 Å². The van der Waals surface area contributed by atoms with Gasteiger partial charge in [0.1, 0.15) is 11.0 Å². The maximum absolute atomic E-state index is 12.9. The van der Waals surface area contributed by atoms with Gasteiger partial charge in [-0.2, -0.15) is 0 Å². The Labute approximate surface area is 203 Å². The highest BCUT2D eigenvalue weighted by Gasteiger charge is 2.35. The third-order valence-corrected chi connectivity index (χ3v) is 6.13. The molecule has 0 aromatic heterocycles. The molecule has 1 aliphatic rings. The van der Waals surface area contributed by atoms with Crippen LogP contribution in [-0.4, -0.2) is 52.9 Å². The van der Waals surface area contributed by atoms with Crippen molar-refractivity contribution in [3.8, 4) is 5.75 Å². The highest BCUT2D eigenvalue weighted by molar-refractivity contribution is 8.15. The predicted octanol–water partition coefficient (Wildman–Crippen LogP) is 4.63. The minimum Gasteiger partial charge on any atom is -0.494 e. The molecule has 0 saturated carbocycles. The molecule has 0 spiro atoms. The second kappa shape index (κ2) is 12.2. The first kappa shape index (κ1) is 25.3. The molecule has 1 N–H and O–H groups in total. The first-order valence-electron chi connectivity index (χ1n) is 11.3. The molecule has 1 atom stereocenters. The zero-order chi connectivity index (χ0) is 24.5. The molecule has 2 amide bonds. The number of nitrogens with zero attached hydrogens (tertiary/aromatic N) is 2. The molecular formula is C25H29N3O5S. The van der Waals surface area contributed by atoms with E-state index in [1.54, 1.807) is 60.4 Å². The van der Waals surface area contributed by atoms with Crippen LogP contribution in [0.1, 0.15) is 44.0 Å². The second-order valence-corrected chi connectivity index (χ2v) is 8.64. The Balaban J connectivity index is 1.71. The summed E-state index contributed by atoms with van der Waals surface area (Å²) in [5, 5.41) is 2.71. The van der Waals surface area contributed by atoms with Gasteiger partial charge in [0.2, 0.25) is 11.8 Å². The number of hydrogen-bond donors (Lipinski definition) is 1. The lowest BCUT2D eigenvalue weighted by Gasteiger charge is -2.30. The van der Waals surface area contributed by atoms with Gasteiger partial charge in [0.15, 0.2) is 5.17 Å². The lowest BCUT2D eigenvalue weighted by Crippen LogP contribution is -2.45. The molecule has 1 fully saturated rings. The number of carbonyl (C=O) groups is 3. The van der Waals surface area contributed by atoms with Gasteiger partial charge < -0.3 is 14.8 Å². The van der Waals surface area contributed by atoms with E-state index in [0.717, 1.165) is 12.2 Å². The number of benzene rings is 2. The number of hydrogen-bond acceptors (Lipinski definition) is 7. The van der Waals surface area contributed by atoms with E-state index in [-0.39, 0.29) is 18.2 Å². The molecule has 34 heavy (non-hydrogen) atoms. The van der Waals surface area contributed by atoms with Crippen LogP contribution < -0.4 is 10.1 Å². The first-order chi connectivity index (χ1) is 16.4. The largest absolute Gasteiger partial charge is 0.494 e. The molecule has 0 aliphatic carbocycles. The van der Waals surface area contributed by atoms with E-state index in [9.17, 15) is 14.4 Å². The average Bonchev–Trinajstić information content (AvgIpc) is 2.84. The third-order valence-electron chi connectivity index (χ3n) is 4.95. The molecule has 1 heterocycles. The number of amidine groups is 1. The maximum atomic E-state index is 12.9. The molecule has 1 aliphatic heterocycles. The Bertz CT molecular complexity index is 1040. The normalized spacial score (nSPS) is 16.9. The first-order valence-corrected chi connectivity index (χ1v) is 12.2. The number of rotatable bonds is 9. The zero-order valence-electron chi connectivity index (χ0n) is 19.6. The number of nitrogens with one attached hydrogen (secondary N) is 1. The molecule has 1 unspecified atom stereocenters. The van der Waals surface area contributed by atoms with Crippen molar-refractivity contribution in [2.75, 3.05) is 25.1 Å². The quantitative estimate of drug-likeness (QED) is 0.522. The van der Waals surface area contributed by atoms with Crippen molar-refractivity contribution in [3.63, 3.8) is 0 Å². The van der Waals surface area contributed by atoms with Crippen molar-refractivity contribution in [3.05, 3.63) is 54.1 Å². The molecule has 2 aromatic carbocycles. The standard InChI is InChI=1S/C25H29N3O5S/c1-4-15-33-20-13-11-18(12-14-20)26-23(30)21-16-22(29)28(5-2)25(34-21)27-19-9-7-17(8-10-19)24(31)32-6-3/h7-14,21H,4-6,15-16H2,1-3H3,(H,26,30). The Morgan fingerprint density at radius 3 is 2.41 bits per heavy atom. The summed E-state index contributed by atoms with van der Waals surface area (Å²) in [6.45, 7) is 7.02. The number of ether oxygens (including phenoxy) is 2. The van der Waals surface area contributed by atoms with Crippen molar-refractivity contribution in [2.24, 2.45) is 4.99 Å². The van der Waals surface area contributed by atoms with Crippen molar-refractivity contribution < 1.29 is 23.9 Å². The Morgan fingerprint density at radius 1 is 1.09 bits per heavy atom. The molecule has 0 bridgehead atoms. The van der Waals surface area contributed by atoms with E-state index in [1.807, 2.05) is 13.8 Å². The summed E-state index contributed by atoms with van der Waals surface area (Å²) in [5.41, 5.74) is 1.63. The van der Waals surface area contributed by atoms with E-state index in [4.69, 9.17) is 9.47 Å². The summed E-state index contributed by atoms with van der Waals surface area (Å²) >= 11 is 1.25. The SMILES string of the molecule is CCCOc1ccc(NC(=O)C2CC(=O)N(CC)C(=Nc3ccc(C(=O)OCC)cc3)S2)cc1. The van der Waals surface area contributed by atoms with Crippen LogP contribution in [0.2, 0.25) is 0 Å². The number of thioether (sulfide) groups is 1. The summed E-state index contributed by atoms with van der Waals surface area (Å²) in [6, 6.07) is 13.8. The van der Waals surface area contributed by atoms with Crippen LogP contribution in [0.3, 0.4) is 0 Å². The van der Waals surface area contributed by atoms with Crippen molar-refractivity contribution in [1.29, 1.82) is 0 Å². The molecule has 8 nitrogen and oxygen atoms in total. The van der Waals surface area contributed by atoms with Crippen LogP contribution in [0, 0.1) is 0 Å². The van der Waals surface area contributed by atoms with Crippen molar-refractivity contribution >= 4 is 46.1 Å². The van der Waals surface area contributed by atoms with E-state index < -0.39 is 11.2 Å². The number of esters is 1. The van der Waals surface area contributed by atoms with Gasteiger partial charge in [-0.05, 0) is 68.8 Å². The minimum absolute atomic E-state index is 0.0862. The molecule has 0 radical (unpaired) electrons. The summed E-state index contributed by atoms with van der Waals surface area (Å²) < 4.78 is 10.6. The number of aliphatic imine (C=N–C) groups is 1. The number of carbonyl (C=O) groups excluding carboxylic acids is 3. The Hall–Kier alpha value is -3.33. The summed E-state index contributed by atoms with van der Waals surface area (Å²) in [5.74, 6) is -0.0850. The van der Waals surface area contributed by atoms with E-state index in [2.05, 4.69) is 10.3 Å². The lowest BCUT2D eigenvalue weighted by atomic mass is 10.2. The highest BCUT2D eigenvalue weighted by Crippen LogP contribution is 2.30. The fourth-order valence-electron chi connectivity index (χ4n) is 3.23. The van der Waals surface area contributed by atoms with Gasteiger partial charge in [-0.25, -0.2) is 9.79 Å². The average molecular weight is 484 g/mol. The smallest absolute Gasteiger partial charge is 0.338 e. The maximum Gasteiger partial charge on any atom is 0.338 e. The van der Waals surface area contributed by atoms with Gasteiger partial charge in [-0.3, -0.25) is 14.5 Å².